The highest BCUT2D eigenvalue weighted by atomic mass is 35.5. The third-order valence-electron chi connectivity index (χ3n) is 1.95. The topological polar surface area (TPSA) is 64.3 Å². The predicted octanol–water partition coefficient (Wildman–Crippen LogP) is 1.54. The number of rotatable bonds is 4. The molecule has 0 heterocycles. The van der Waals surface area contributed by atoms with Crippen molar-refractivity contribution in [3.8, 4) is 5.75 Å². The van der Waals surface area contributed by atoms with E-state index in [1.54, 1.807) is 18.2 Å². The molecule has 0 aromatic heterocycles. The van der Waals surface area contributed by atoms with E-state index >= 15 is 0 Å². The average Bonchev–Trinajstić information content (AvgIpc) is 2.28. The summed E-state index contributed by atoms with van der Waals surface area (Å²) in [5, 5.41) is 3.06. The summed E-state index contributed by atoms with van der Waals surface area (Å²) >= 11 is 9.84. The maximum Gasteiger partial charge on any atom is 0.242 e. The van der Waals surface area contributed by atoms with Crippen molar-refractivity contribution < 1.29 is 9.53 Å². The monoisotopic (exact) mass is 260 g/mol. The van der Waals surface area contributed by atoms with Crippen LogP contribution in [0.15, 0.2) is 18.2 Å². The molecule has 6 heteroatoms. The van der Waals surface area contributed by atoms with Gasteiger partial charge in [-0.15, -0.1) is 0 Å². The molecule has 0 aliphatic carbocycles. The van der Waals surface area contributed by atoms with Crippen molar-refractivity contribution in [2.24, 2.45) is 5.73 Å². The van der Waals surface area contributed by atoms with Crippen molar-refractivity contribution in [2.45, 2.75) is 6.04 Å². The third-order valence-corrected chi connectivity index (χ3v) is 2.64. The fourth-order valence-electron chi connectivity index (χ4n) is 1.06. The molecule has 1 atom stereocenters. The van der Waals surface area contributed by atoms with Crippen LogP contribution < -0.4 is 15.8 Å². The number of carbonyl (C=O) groups excluding carboxylic acids is 1. The molecule has 0 bridgehead atoms. The highest BCUT2D eigenvalue weighted by molar-refractivity contribution is 7.80. The van der Waals surface area contributed by atoms with Gasteiger partial charge in [0.25, 0.3) is 0 Å². The number of halogens is 1. The lowest BCUT2D eigenvalue weighted by molar-refractivity contribution is -0.116. The highest BCUT2D eigenvalue weighted by Gasteiger charge is 2.12. The zero-order valence-corrected chi connectivity index (χ0v) is 10.4. The summed E-state index contributed by atoms with van der Waals surface area (Å²) in [5.74, 6) is 0.546. The molecule has 0 fully saturated rings. The molecule has 3 N–H and O–H groups in total. The Morgan fingerprint density at radius 3 is 2.88 bits per heavy atom. The summed E-state index contributed by atoms with van der Waals surface area (Å²) in [6.45, 7) is 0. The molecule has 0 aliphatic heterocycles. The number of amides is 1. The van der Waals surface area contributed by atoms with Gasteiger partial charge in [0.05, 0.1) is 18.2 Å². The van der Waals surface area contributed by atoms with E-state index in [4.69, 9.17) is 22.1 Å². The Kier molecular flexibility index (Phi) is 4.92. The zero-order valence-electron chi connectivity index (χ0n) is 8.74. The molecule has 0 saturated carbocycles. The first-order chi connectivity index (χ1) is 7.58. The standard InChI is InChI=1S/C10H13ClN2O2S/c1-15-9-3-2-6(4-7(9)11)13-10(14)8(12)5-16/h2-4,8,16H,5,12H2,1H3,(H,13,14). The molecule has 0 aliphatic rings. The fourth-order valence-corrected chi connectivity index (χ4v) is 1.49. The summed E-state index contributed by atoms with van der Waals surface area (Å²) < 4.78 is 4.99. The second-order valence-electron chi connectivity index (χ2n) is 3.13. The van der Waals surface area contributed by atoms with Gasteiger partial charge in [-0.25, -0.2) is 0 Å². The van der Waals surface area contributed by atoms with E-state index < -0.39 is 6.04 Å². The molecule has 1 amide bonds. The van der Waals surface area contributed by atoms with E-state index in [0.717, 1.165) is 0 Å². The molecule has 1 aromatic carbocycles. The van der Waals surface area contributed by atoms with Crippen LogP contribution in [0.2, 0.25) is 5.02 Å². The second-order valence-corrected chi connectivity index (χ2v) is 3.90. The molecular weight excluding hydrogens is 248 g/mol. The molecule has 4 nitrogen and oxygen atoms in total. The van der Waals surface area contributed by atoms with Crippen molar-refractivity contribution in [3.05, 3.63) is 23.2 Å². The van der Waals surface area contributed by atoms with Gasteiger partial charge in [-0.1, -0.05) is 11.6 Å². The van der Waals surface area contributed by atoms with Crippen molar-refractivity contribution in [3.63, 3.8) is 0 Å². The van der Waals surface area contributed by atoms with E-state index in [-0.39, 0.29) is 11.7 Å². The highest BCUT2D eigenvalue weighted by Crippen LogP contribution is 2.27. The first-order valence-corrected chi connectivity index (χ1v) is 5.60. The molecule has 16 heavy (non-hydrogen) atoms. The second kappa shape index (κ2) is 5.98. The van der Waals surface area contributed by atoms with Crippen LogP contribution in [-0.2, 0) is 4.79 Å². The van der Waals surface area contributed by atoms with Gasteiger partial charge in [0.2, 0.25) is 5.91 Å². The number of ether oxygens (including phenoxy) is 1. The Balaban J connectivity index is 2.75. The number of hydrogen-bond donors (Lipinski definition) is 3. The quantitative estimate of drug-likeness (QED) is 0.720. The average molecular weight is 261 g/mol. The Bertz CT molecular complexity index is 387. The number of methoxy groups -OCH3 is 1. The molecule has 1 aromatic rings. The van der Waals surface area contributed by atoms with E-state index in [1.165, 1.54) is 7.11 Å². The normalized spacial score (nSPS) is 12.0. The van der Waals surface area contributed by atoms with Gasteiger partial charge in [0.15, 0.2) is 0 Å². The van der Waals surface area contributed by atoms with Crippen LogP contribution in [0.3, 0.4) is 0 Å². The summed E-state index contributed by atoms with van der Waals surface area (Å²) in [4.78, 5) is 11.4. The molecule has 88 valence electrons. The van der Waals surface area contributed by atoms with Gasteiger partial charge in [0, 0.05) is 11.4 Å². The van der Waals surface area contributed by atoms with Crippen LogP contribution in [-0.4, -0.2) is 24.8 Å². The van der Waals surface area contributed by atoms with E-state index in [9.17, 15) is 4.79 Å². The lowest BCUT2D eigenvalue weighted by atomic mass is 10.2. The van der Waals surface area contributed by atoms with Crippen LogP contribution in [0.5, 0.6) is 5.75 Å². The van der Waals surface area contributed by atoms with Crippen molar-refractivity contribution in [2.75, 3.05) is 18.2 Å². The van der Waals surface area contributed by atoms with Gasteiger partial charge in [-0.3, -0.25) is 4.79 Å². The third kappa shape index (κ3) is 3.30. The van der Waals surface area contributed by atoms with Crippen LogP contribution in [0, 0.1) is 0 Å². The predicted molar refractivity (Wildman–Crippen MR) is 68.5 cm³/mol. The number of carbonyl (C=O) groups is 1. The molecule has 1 unspecified atom stereocenters. The SMILES string of the molecule is COc1ccc(NC(=O)C(N)CS)cc1Cl. The van der Waals surface area contributed by atoms with E-state index in [2.05, 4.69) is 17.9 Å². The largest absolute Gasteiger partial charge is 0.495 e. The Labute approximate surface area is 105 Å². The number of hydrogen-bond acceptors (Lipinski definition) is 4. The molecular formula is C10H13ClN2O2S. The minimum Gasteiger partial charge on any atom is -0.495 e. The van der Waals surface area contributed by atoms with Crippen LogP contribution in [0.1, 0.15) is 0 Å². The molecule has 1 rings (SSSR count). The van der Waals surface area contributed by atoms with Gasteiger partial charge < -0.3 is 15.8 Å². The summed E-state index contributed by atoms with van der Waals surface area (Å²) in [6, 6.07) is 4.32. The lowest BCUT2D eigenvalue weighted by Crippen LogP contribution is -2.37. The first-order valence-electron chi connectivity index (χ1n) is 4.59. The van der Waals surface area contributed by atoms with Crippen molar-refractivity contribution in [1.82, 2.24) is 0 Å². The van der Waals surface area contributed by atoms with E-state index in [1.807, 2.05) is 0 Å². The van der Waals surface area contributed by atoms with Crippen LogP contribution in [0.25, 0.3) is 0 Å². The first kappa shape index (κ1) is 13.2. The summed E-state index contributed by atoms with van der Waals surface area (Å²) in [7, 11) is 1.52. The number of nitrogens with two attached hydrogens (primary N) is 1. The Morgan fingerprint density at radius 1 is 1.69 bits per heavy atom. The molecule has 0 saturated heterocycles. The summed E-state index contributed by atoms with van der Waals surface area (Å²) in [5.41, 5.74) is 6.09. The van der Waals surface area contributed by atoms with Crippen molar-refractivity contribution in [1.29, 1.82) is 0 Å². The maximum atomic E-state index is 11.4. The Morgan fingerprint density at radius 2 is 2.38 bits per heavy atom. The zero-order chi connectivity index (χ0) is 12.1. The van der Waals surface area contributed by atoms with Gasteiger partial charge in [0.1, 0.15) is 5.75 Å². The van der Waals surface area contributed by atoms with Crippen LogP contribution >= 0.6 is 24.2 Å². The number of thiol groups is 1. The van der Waals surface area contributed by atoms with E-state index in [0.29, 0.717) is 16.5 Å². The fraction of sp³-hybridized carbons (Fsp3) is 0.300. The minimum atomic E-state index is -0.635. The van der Waals surface area contributed by atoms with Gasteiger partial charge in [-0.2, -0.15) is 12.6 Å². The molecule has 0 radical (unpaired) electrons. The number of nitrogens with one attached hydrogen (secondary N) is 1. The smallest absolute Gasteiger partial charge is 0.242 e. The Hall–Kier alpha value is -0.910. The molecule has 0 spiro atoms. The number of benzene rings is 1. The van der Waals surface area contributed by atoms with Gasteiger partial charge in [-0.05, 0) is 18.2 Å². The summed E-state index contributed by atoms with van der Waals surface area (Å²) in [6.07, 6.45) is 0. The maximum absolute atomic E-state index is 11.4. The van der Waals surface area contributed by atoms with Crippen LogP contribution in [0.4, 0.5) is 5.69 Å². The minimum absolute atomic E-state index is 0.287. The van der Waals surface area contributed by atoms with Gasteiger partial charge >= 0.3 is 0 Å². The lowest BCUT2D eigenvalue weighted by Gasteiger charge is -2.11. The number of anilines is 1. The van der Waals surface area contributed by atoms with Crippen molar-refractivity contribution >= 4 is 35.8 Å².